The van der Waals surface area contributed by atoms with Gasteiger partial charge in [0.1, 0.15) is 5.78 Å². The third-order valence-electron chi connectivity index (χ3n) is 2.66. The van der Waals surface area contributed by atoms with Crippen molar-refractivity contribution in [2.24, 2.45) is 5.92 Å². The normalized spacial score (nSPS) is 24.1. The molecule has 0 amide bonds. The molecule has 0 N–H and O–H groups in total. The van der Waals surface area contributed by atoms with Crippen LogP contribution in [0.25, 0.3) is 0 Å². The minimum absolute atomic E-state index is 0.454. The van der Waals surface area contributed by atoms with Crippen molar-refractivity contribution in [3.8, 4) is 0 Å². The maximum Gasteiger partial charge on any atom is 0.133 e. The second kappa shape index (κ2) is 4.44. The molecule has 1 heteroatoms. The molecule has 1 nitrogen and oxygen atoms in total. The molecule has 0 aliphatic heterocycles. The van der Waals surface area contributed by atoms with Crippen LogP contribution in [-0.4, -0.2) is 5.78 Å². The zero-order valence-corrected chi connectivity index (χ0v) is 7.94. The second-order valence-electron chi connectivity index (χ2n) is 3.81. The number of Topliss-reactive ketones (excluding diaryl/α,β-unsaturated/α-hetero) is 1. The Hall–Kier alpha value is -0.590. The van der Waals surface area contributed by atoms with Crippen molar-refractivity contribution in [1.29, 1.82) is 0 Å². The summed E-state index contributed by atoms with van der Waals surface area (Å²) in [5.41, 5.74) is 1.30. The summed E-state index contributed by atoms with van der Waals surface area (Å²) in [4.78, 5) is 11.1. The van der Waals surface area contributed by atoms with Crippen LogP contribution in [0.1, 0.15) is 45.4 Å². The summed E-state index contributed by atoms with van der Waals surface area (Å²) in [5, 5.41) is 0. The van der Waals surface area contributed by atoms with E-state index in [4.69, 9.17) is 0 Å². The van der Waals surface area contributed by atoms with Gasteiger partial charge in [0.25, 0.3) is 0 Å². The van der Waals surface area contributed by atoms with E-state index in [0.717, 1.165) is 32.1 Å². The van der Waals surface area contributed by atoms with Gasteiger partial charge in [-0.1, -0.05) is 19.1 Å². The topological polar surface area (TPSA) is 17.1 Å². The largest absolute Gasteiger partial charge is 0.300 e. The lowest BCUT2D eigenvalue weighted by Gasteiger charge is -2.21. The molecule has 0 heterocycles. The number of hydrogen-bond acceptors (Lipinski definition) is 1. The summed E-state index contributed by atoms with van der Waals surface area (Å²) in [6.45, 7) is 6.11. The Morgan fingerprint density at radius 2 is 2.42 bits per heavy atom. The molecule has 1 saturated carbocycles. The molecule has 68 valence electrons. The van der Waals surface area contributed by atoms with E-state index in [0.29, 0.717) is 11.7 Å². The van der Waals surface area contributed by atoms with Crippen LogP contribution in [-0.2, 0) is 4.79 Å². The summed E-state index contributed by atoms with van der Waals surface area (Å²) >= 11 is 0. The first kappa shape index (κ1) is 9.50. The molecule has 0 bridgehead atoms. The van der Waals surface area contributed by atoms with E-state index in [2.05, 4.69) is 13.5 Å². The minimum Gasteiger partial charge on any atom is -0.300 e. The highest BCUT2D eigenvalue weighted by Crippen LogP contribution is 2.27. The third-order valence-corrected chi connectivity index (χ3v) is 2.66. The first-order valence-electron chi connectivity index (χ1n) is 4.90. The highest BCUT2D eigenvalue weighted by Gasteiger charge is 2.19. The van der Waals surface area contributed by atoms with Gasteiger partial charge in [-0.3, -0.25) is 4.79 Å². The maximum atomic E-state index is 11.1. The molecule has 1 aliphatic rings. The molecule has 0 radical (unpaired) electrons. The Labute approximate surface area is 74.9 Å². The van der Waals surface area contributed by atoms with Gasteiger partial charge in [-0.2, -0.15) is 0 Å². The SMILES string of the molecule is C=C(CC)CC1CCCC(=O)C1. The third kappa shape index (κ3) is 2.80. The van der Waals surface area contributed by atoms with Crippen molar-refractivity contribution in [1.82, 2.24) is 0 Å². The number of ketones is 1. The lowest BCUT2D eigenvalue weighted by Crippen LogP contribution is -2.15. The van der Waals surface area contributed by atoms with Gasteiger partial charge in [-0.15, -0.1) is 0 Å². The maximum absolute atomic E-state index is 11.1. The van der Waals surface area contributed by atoms with Gasteiger partial charge in [-0.05, 0) is 31.6 Å². The van der Waals surface area contributed by atoms with Gasteiger partial charge >= 0.3 is 0 Å². The Balaban J connectivity index is 2.32. The van der Waals surface area contributed by atoms with E-state index in [1.807, 2.05) is 0 Å². The van der Waals surface area contributed by atoms with Gasteiger partial charge in [0.05, 0.1) is 0 Å². The van der Waals surface area contributed by atoms with Gasteiger partial charge in [0.2, 0.25) is 0 Å². The van der Waals surface area contributed by atoms with Crippen LogP contribution in [0.15, 0.2) is 12.2 Å². The molecule has 1 fully saturated rings. The summed E-state index contributed by atoms with van der Waals surface area (Å²) in [6.07, 6.45) is 6.08. The Morgan fingerprint density at radius 3 is 3.00 bits per heavy atom. The second-order valence-corrected chi connectivity index (χ2v) is 3.81. The number of hydrogen-bond donors (Lipinski definition) is 0. The first-order chi connectivity index (χ1) is 5.72. The van der Waals surface area contributed by atoms with Crippen LogP contribution in [0.3, 0.4) is 0 Å². The molecule has 1 rings (SSSR count). The van der Waals surface area contributed by atoms with Gasteiger partial charge in [0.15, 0.2) is 0 Å². The van der Waals surface area contributed by atoms with E-state index in [9.17, 15) is 4.79 Å². The molecular weight excluding hydrogens is 148 g/mol. The fourth-order valence-corrected chi connectivity index (χ4v) is 1.84. The van der Waals surface area contributed by atoms with Crippen LogP contribution < -0.4 is 0 Å². The Bertz CT molecular complexity index is 181. The van der Waals surface area contributed by atoms with Gasteiger partial charge < -0.3 is 0 Å². The van der Waals surface area contributed by atoms with E-state index < -0.39 is 0 Å². The molecule has 1 aliphatic carbocycles. The lowest BCUT2D eigenvalue weighted by atomic mass is 9.84. The van der Waals surface area contributed by atoms with E-state index in [1.54, 1.807) is 0 Å². The molecule has 1 unspecified atom stereocenters. The monoisotopic (exact) mass is 166 g/mol. The number of allylic oxidation sites excluding steroid dienone is 1. The van der Waals surface area contributed by atoms with Crippen molar-refractivity contribution >= 4 is 5.78 Å². The fourth-order valence-electron chi connectivity index (χ4n) is 1.84. The van der Waals surface area contributed by atoms with Crippen molar-refractivity contribution < 1.29 is 4.79 Å². The zero-order valence-electron chi connectivity index (χ0n) is 7.94. The number of rotatable bonds is 3. The summed E-state index contributed by atoms with van der Waals surface area (Å²) < 4.78 is 0. The van der Waals surface area contributed by atoms with Crippen molar-refractivity contribution in [3.05, 3.63) is 12.2 Å². The summed E-state index contributed by atoms with van der Waals surface area (Å²) in [6, 6.07) is 0. The van der Waals surface area contributed by atoms with Crippen LogP contribution in [0.5, 0.6) is 0 Å². The minimum atomic E-state index is 0.454. The van der Waals surface area contributed by atoms with Crippen LogP contribution in [0, 0.1) is 5.92 Å². The van der Waals surface area contributed by atoms with Crippen molar-refractivity contribution in [2.45, 2.75) is 45.4 Å². The average molecular weight is 166 g/mol. The first-order valence-corrected chi connectivity index (χ1v) is 4.90. The predicted molar refractivity (Wildman–Crippen MR) is 51.0 cm³/mol. The molecule has 0 aromatic heterocycles. The van der Waals surface area contributed by atoms with Crippen LogP contribution in [0.4, 0.5) is 0 Å². The lowest BCUT2D eigenvalue weighted by molar-refractivity contribution is -0.121. The average Bonchev–Trinajstić information content (AvgIpc) is 2.04. The molecule has 0 aromatic carbocycles. The summed E-state index contributed by atoms with van der Waals surface area (Å²) in [5.74, 6) is 1.06. The quantitative estimate of drug-likeness (QED) is 0.589. The van der Waals surface area contributed by atoms with Crippen LogP contribution >= 0.6 is 0 Å². The van der Waals surface area contributed by atoms with Gasteiger partial charge in [0, 0.05) is 12.8 Å². The standard InChI is InChI=1S/C11H18O/c1-3-9(2)7-10-5-4-6-11(12)8-10/h10H,2-8H2,1H3. The number of carbonyl (C=O) groups is 1. The highest BCUT2D eigenvalue weighted by molar-refractivity contribution is 5.79. The van der Waals surface area contributed by atoms with Gasteiger partial charge in [-0.25, -0.2) is 0 Å². The van der Waals surface area contributed by atoms with E-state index >= 15 is 0 Å². The Kier molecular flexibility index (Phi) is 3.51. The van der Waals surface area contributed by atoms with Crippen LogP contribution in [0.2, 0.25) is 0 Å². The predicted octanol–water partition coefficient (Wildman–Crippen LogP) is 3.10. The van der Waals surface area contributed by atoms with E-state index in [-0.39, 0.29) is 0 Å². The van der Waals surface area contributed by atoms with Crippen molar-refractivity contribution in [2.75, 3.05) is 0 Å². The highest BCUT2D eigenvalue weighted by atomic mass is 16.1. The molecule has 0 spiro atoms. The summed E-state index contributed by atoms with van der Waals surface area (Å²) in [7, 11) is 0. The fraction of sp³-hybridized carbons (Fsp3) is 0.727. The Morgan fingerprint density at radius 1 is 1.67 bits per heavy atom. The zero-order chi connectivity index (χ0) is 8.97. The molecule has 1 atom stereocenters. The van der Waals surface area contributed by atoms with E-state index in [1.165, 1.54) is 12.0 Å². The smallest absolute Gasteiger partial charge is 0.133 e. The molecular formula is C11H18O. The molecule has 0 aromatic rings. The number of carbonyl (C=O) groups excluding carboxylic acids is 1. The molecule has 12 heavy (non-hydrogen) atoms. The van der Waals surface area contributed by atoms with Crippen molar-refractivity contribution in [3.63, 3.8) is 0 Å². The molecule has 0 saturated heterocycles.